The summed E-state index contributed by atoms with van der Waals surface area (Å²) in [6.45, 7) is 4.25. The van der Waals surface area contributed by atoms with Crippen LogP contribution in [0.15, 0.2) is 24.3 Å². The molecule has 0 aliphatic rings. The number of benzene rings is 1. The van der Waals surface area contributed by atoms with Crippen molar-refractivity contribution in [2.75, 3.05) is 18.6 Å². The van der Waals surface area contributed by atoms with Crippen LogP contribution in [0.25, 0.3) is 0 Å². The van der Waals surface area contributed by atoms with Crippen molar-refractivity contribution in [3.05, 3.63) is 35.4 Å². The molecule has 0 spiro atoms. The van der Waals surface area contributed by atoms with Gasteiger partial charge in [0.1, 0.15) is 0 Å². The van der Waals surface area contributed by atoms with Gasteiger partial charge in [-0.3, -0.25) is 9.59 Å². The molecule has 0 saturated carbocycles. The Morgan fingerprint density at radius 1 is 1.30 bits per heavy atom. The van der Waals surface area contributed by atoms with Crippen molar-refractivity contribution in [1.82, 2.24) is 4.90 Å². The molecule has 0 heterocycles. The molecule has 0 aliphatic heterocycles. The van der Waals surface area contributed by atoms with Crippen LogP contribution in [0.1, 0.15) is 18.1 Å². The lowest BCUT2D eigenvalue weighted by molar-refractivity contribution is -0.140. The molecule has 1 amide bonds. The number of nitrogens with zero attached hydrogens (tertiary/aromatic N) is 1. The number of carboxylic acid groups (broad SMARTS) is 1. The van der Waals surface area contributed by atoms with Crippen molar-refractivity contribution in [3.63, 3.8) is 0 Å². The first-order chi connectivity index (χ1) is 9.40. The van der Waals surface area contributed by atoms with E-state index in [0.717, 1.165) is 5.56 Å². The molecule has 1 atom stereocenters. The molecular weight excluding hydrogens is 274 g/mol. The zero-order valence-corrected chi connectivity index (χ0v) is 12.9. The van der Waals surface area contributed by atoms with Crippen LogP contribution in [0.5, 0.6) is 0 Å². The smallest absolute Gasteiger partial charge is 0.307 e. The van der Waals surface area contributed by atoms with Crippen molar-refractivity contribution in [2.45, 2.75) is 20.4 Å². The number of aliphatic carboxylic acids is 1. The van der Waals surface area contributed by atoms with E-state index in [1.807, 2.05) is 31.2 Å². The van der Waals surface area contributed by atoms with Crippen molar-refractivity contribution < 1.29 is 14.7 Å². The Labute approximate surface area is 124 Å². The van der Waals surface area contributed by atoms with Crippen LogP contribution in [0.2, 0.25) is 0 Å². The Morgan fingerprint density at radius 2 is 1.90 bits per heavy atom. The Morgan fingerprint density at radius 3 is 2.45 bits per heavy atom. The van der Waals surface area contributed by atoms with E-state index in [-0.39, 0.29) is 5.91 Å². The highest BCUT2D eigenvalue weighted by Crippen LogP contribution is 2.11. The first kappa shape index (κ1) is 16.6. The summed E-state index contributed by atoms with van der Waals surface area (Å²) in [4.78, 5) is 24.3. The van der Waals surface area contributed by atoms with Gasteiger partial charge in [0, 0.05) is 19.3 Å². The van der Waals surface area contributed by atoms with Gasteiger partial charge in [0.25, 0.3) is 0 Å². The number of hydrogen-bond acceptors (Lipinski definition) is 3. The van der Waals surface area contributed by atoms with E-state index >= 15 is 0 Å². The summed E-state index contributed by atoms with van der Waals surface area (Å²) in [6.07, 6.45) is 0. The minimum Gasteiger partial charge on any atom is -0.481 e. The molecule has 4 nitrogen and oxygen atoms in total. The van der Waals surface area contributed by atoms with E-state index in [2.05, 4.69) is 0 Å². The Kier molecular flexibility index (Phi) is 6.58. The second kappa shape index (κ2) is 7.94. The number of rotatable bonds is 7. The van der Waals surface area contributed by atoms with Crippen molar-refractivity contribution in [3.8, 4) is 0 Å². The molecule has 0 aromatic heterocycles. The van der Waals surface area contributed by atoms with Gasteiger partial charge in [0.05, 0.1) is 11.7 Å². The maximum atomic E-state index is 11.9. The van der Waals surface area contributed by atoms with E-state index in [1.165, 1.54) is 17.3 Å². The lowest BCUT2D eigenvalue weighted by atomic mass is 10.1. The molecule has 1 aromatic rings. The molecule has 0 aliphatic carbocycles. The maximum Gasteiger partial charge on any atom is 0.307 e. The minimum absolute atomic E-state index is 0.0214. The third-order valence-corrected chi connectivity index (χ3v) is 4.17. The number of carbonyl (C=O) groups is 2. The van der Waals surface area contributed by atoms with Gasteiger partial charge in [-0.05, 0) is 12.5 Å². The normalized spacial score (nSPS) is 11.9. The van der Waals surface area contributed by atoms with Crippen LogP contribution < -0.4 is 0 Å². The molecule has 0 radical (unpaired) electrons. The molecule has 1 unspecified atom stereocenters. The van der Waals surface area contributed by atoms with Crippen molar-refractivity contribution >= 4 is 23.6 Å². The first-order valence-electron chi connectivity index (χ1n) is 6.50. The largest absolute Gasteiger partial charge is 0.481 e. The van der Waals surface area contributed by atoms with E-state index in [1.54, 1.807) is 18.9 Å². The van der Waals surface area contributed by atoms with E-state index in [4.69, 9.17) is 5.11 Å². The van der Waals surface area contributed by atoms with Gasteiger partial charge < -0.3 is 10.0 Å². The van der Waals surface area contributed by atoms with Gasteiger partial charge >= 0.3 is 5.97 Å². The quantitative estimate of drug-likeness (QED) is 0.839. The van der Waals surface area contributed by atoms with Crippen LogP contribution in [0, 0.1) is 12.8 Å². The SMILES string of the molecule is Cc1ccc(CN(C)C(=O)CSCC(C)C(=O)O)cc1. The zero-order chi connectivity index (χ0) is 15.1. The van der Waals surface area contributed by atoms with E-state index in [0.29, 0.717) is 18.1 Å². The van der Waals surface area contributed by atoms with Crippen LogP contribution in [0.4, 0.5) is 0 Å². The van der Waals surface area contributed by atoms with E-state index < -0.39 is 11.9 Å². The number of thioether (sulfide) groups is 1. The predicted molar refractivity (Wildman–Crippen MR) is 81.8 cm³/mol. The van der Waals surface area contributed by atoms with Gasteiger partial charge in [-0.15, -0.1) is 0 Å². The van der Waals surface area contributed by atoms with Crippen molar-refractivity contribution in [1.29, 1.82) is 0 Å². The molecule has 0 bridgehead atoms. The Hall–Kier alpha value is -1.49. The molecule has 0 saturated heterocycles. The minimum atomic E-state index is -0.821. The standard InChI is InChI=1S/C15H21NO3S/c1-11-4-6-13(7-5-11)8-16(3)14(17)10-20-9-12(2)15(18)19/h4-7,12H,8-10H2,1-3H3,(H,18,19). The number of hydrogen-bond donors (Lipinski definition) is 1. The summed E-state index contributed by atoms with van der Waals surface area (Å²) in [5.74, 6) is -0.444. The second-order valence-corrected chi connectivity index (χ2v) is 6.02. The lowest BCUT2D eigenvalue weighted by Crippen LogP contribution is -2.28. The number of aryl methyl sites for hydroxylation is 1. The van der Waals surface area contributed by atoms with Gasteiger partial charge in [-0.1, -0.05) is 36.8 Å². The predicted octanol–water partition coefficient (Wildman–Crippen LogP) is 2.41. The van der Waals surface area contributed by atoms with Crippen LogP contribution in [-0.2, 0) is 16.1 Å². The van der Waals surface area contributed by atoms with Gasteiger partial charge in [0.2, 0.25) is 5.91 Å². The summed E-state index contributed by atoms with van der Waals surface area (Å²) in [6, 6.07) is 8.07. The Balaban J connectivity index is 2.35. The fourth-order valence-electron chi connectivity index (χ4n) is 1.56. The lowest BCUT2D eigenvalue weighted by Gasteiger charge is -2.17. The van der Waals surface area contributed by atoms with E-state index in [9.17, 15) is 9.59 Å². The molecule has 20 heavy (non-hydrogen) atoms. The van der Waals surface area contributed by atoms with Gasteiger partial charge in [0.15, 0.2) is 0 Å². The highest BCUT2D eigenvalue weighted by Gasteiger charge is 2.13. The van der Waals surface area contributed by atoms with Crippen molar-refractivity contribution in [2.24, 2.45) is 5.92 Å². The molecule has 1 N–H and O–H groups in total. The Bertz CT molecular complexity index is 459. The average Bonchev–Trinajstić information content (AvgIpc) is 2.40. The highest BCUT2D eigenvalue weighted by molar-refractivity contribution is 7.99. The fraction of sp³-hybridized carbons (Fsp3) is 0.467. The number of carbonyl (C=O) groups excluding carboxylic acids is 1. The number of carboxylic acids is 1. The summed E-state index contributed by atoms with van der Waals surface area (Å²) >= 11 is 1.37. The third kappa shape index (κ3) is 5.65. The molecule has 1 aromatic carbocycles. The topological polar surface area (TPSA) is 57.6 Å². The van der Waals surface area contributed by atoms with Crippen LogP contribution in [0.3, 0.4) is 0 Å². The molecule has 1 rings (SSSR count). The van der Waals surface area contributed by atoms with Crippen LogP contribution in [-0.4, -0.2) is 40.4 Å². The second-order valence-electron chi connectivity index (χ2n) is 4.99. The molecule has 110 valence electrons. The average molecular weight is 295 g/mol. The maximum absolute atomic E-state index is 11.9. The summed E-state index contributed by atoms with van der Waals surface area (Å²) in [5, 5.41) is 8.76. The highest BCUT2D eigenvalue weighted by atomic mass is 32.2. The fourth-order valence-corrected chi connectivity index (χ4v) is 2.57. The number of amides is 1. The third-order valence-electron chi connectivity index (χ3n) is 2.98. The molecule has 5 heteroatoms. The summed E-state index contributed by atoms with van der Waals surface area (Å²) < 4.78 is 0. The zero-order valence-electron chi connectivity index (χ0n) is 12.1. The van der Waals surface area contributed by atoms with Crippen LogP contribution >= 0.6 is 11.8 Å². The summed E-state index contributed by atoms with van der Waals surface area (Å²) in [7, 11) is 1.77. The first-order valence-corrected chi connectivity index (χ1v) is 7.65. The molecule has 0 fully saturated rings. The van der Waals surface area contributed by atoms with Gasteiger partial charge in [-0.25, -0.2) is 0 Å². The monoisotopic (exact) mass is 295 g/mol. The summed E-state index contributed by atoms with van der Waals surface area (Å²) in [5.41, 5.74) is 2.29. The van der Waals surface area contributed by atoms with Gasteiger partial charge in [-0.2, -0.15) is 11.8 Å². The molecular formula is C15H21NO3S.